The third kappa shape index (κ3) is 7.14. The maximum Gasteiger partial charge on any atom is 0.256 e. The molecule has 2 aliphatic rings. The first kappa shape index (κ1) is 30.6. The van der Waals surface area contributed by atoms with Crippen LogP contribution in [-0.4, -0.2) is 86.6 Å². The lowest BCUT2D eigenvalue weighted by Crippen LogP contribution is -2.40. The fraction of sp³-hybridized carbons (Fsp3) is 0.406. The smallest absolute Gasteiger partial charge is 0.256 e. The number of nitrogens with zero attached hydrogens (tertiary/aromatic N) is 8. The maximum absolute atomic E-state index is 12.6. The van der Waals surface area contributed by atoms with Crippen molar-refractivity contribution in [3.8, 4) is 23.2 Å². The van der Waals surface area contributed by atoms with Crippen LogP contribution in [-0.2, 0) is 16.6 Å². The Hall–Kier alpha value is -4.38. The number of rotatable bonds is 9. The summed E-state index contributed by atoms with van der Waals surface area (Å²) in [5.74, 6) is 7.98. The number of pyridine rings is 2. The van der Waals surface area contributed by atoms with Crippen LogP contribution in [0.3, 0.4) is 0 Å². The Balaban J connectivity index is 1.25. The molecule has 1 saturated carbocycles. The SMILES string of the molecule is CN(C)Cc1ccc(C#Cc2cnc(Nc3ccnc(-c4cnn(S(=O)(=O)C5CC5)c4)n3)cc2N2CCC(C)(CO)CC2)cn1. The van der Waals surface area contributed by atoms with E-state index in [0.717, 1.165) is 59.1 Å². The van der Waals surface area contributed by atoms with Crippen LogP contribution in [0.1, 0.15) is 49.4 Å². The molecule has 4 aromatic rings. The first-order chi connectivity index (χ1) is 21.6. The minimum absolute atomic E-state index is 0.0976. The normalized spacial score (nSPS) is 16.3. The van der Waals surface area contributed by atoms with E-state index in [4.69, 9.17) is 0 Å². The first-order valence-corrected chi connectivity index (χ1v) is 16.5. The van der Waals surface area contributed by atoms with Crippen molar-refractivity contribution in [1.82, 2.24) is 34.0 Å². The van der Waals surface area contributed by atoms with Gasteiger partial charge in [0.05, 0.1) is 40.2 Å². The van der Waals surface area contributed by atoms with E-state index in [1.807, 2.05) is 32.3 Å². The summed E-state index contributed by atoms with van der Waals surface area (Å²) >= 11 is 0. The predicted octanol–water partition coefficient (Wildman–Crippen LogP) is 3.27. The molecule has 2 N–H and O–H groups in total. The van der Waals surface area contributed by atoms with Gasteiger partial charge in [0.2, 0.25) is 0 Å². The molecule has 0 unspecified atom stereocenters. The summed E-state index contributed by atoms with van der Waals surface area (Å²) in [7, 11) is 0.539. The summed E-state index contributed by atoms with van der Waals surface area (Å²) in [6, 6.07) is 7.66. The fourth-order valence-corrected chi connectivity index (χ4v) is 6.63. The van der Waals surface area contributed by atoms with Gasteiger partial charge in [-0.15, -0.1) is 0 Å². The van der Waals surface area contributed by atoms with Crippen LogP contribution in [0.5, 0.6) is 0 Å². The van der Waals surface area contributed by atoms with Gasteiger partial charge in [-0.2, -0.15) is 9.19 Å². The number of piperidine rings is 1. The Morgan fingerprint density at radius 3 is 2.53 bits per heavy atom. The Labute approximate surface area is 263 Å². The van der Waals surface area contributed by atoms with Crippen LogP contribution >= 0.6 is 0 Å². The third-order valence-electron chi connectivity index (χ3n) is 8.16. The zero-order chi connectivity index (χ0) is 31.6. The summed E-state index contributed by atoms with van der Waals surface area (Å²) < 4.78 is 26.2. The highest BCUT2D eigenvalue weighted by atomic mass is 32.2. The molecule has 4 aromatic heterocycles. The fourth-order valence-electron chi connectivity index (χ4n) is 5.15. The number of aromatic nitrogens is 6. The van der Waals surface area contributed by atoms with Crippen LogP contribution < -0.4 is 10.2 Å². The van der Waals surface area contributed by atoms with E-state index < -0.39 is 10.0 Å². The second-order valence-electron chi connectivity index (χ2n) is 12.3. The van der Waals surface area contributed by atoms with Gasteiger partial charge < -0.3 is 20.2 Å². The number of hydrogen-bond donors (Lipinski definition) is 2. The zero-order valence-electron chi connectivity index (χ0n) is 25.7. The zero-order valence-corrected chi connectivity index (χ0v) is 26.5. The number of anilines is 3. The quantitative estimate of drug-likeness (QED) is 0.264. The van der Waals surface area contributed by atoms with E-state index in [0.29, 0.717) is 35.9 Å². The second-order valence-corrected chi connectivity index (χ2v) is 14.4. The molecule has 5 heterocycles. The van der Waals surface area contributed by atoms with Crippen molar-refractivity contribution in [2.75, 3.05) is 44.0 Å². The summed E-state index contributed by atoms with van der Waals surface area (Å²) in [6.07, 6.45) is 11.1. The van der Waals surface area contributed by atoms with Crippen molar-refractivity contribution in [2.24, 2.45) is 5.41 Å². The van der Waals surface area contributed by atoms with Crippen molar-refractivity contribution >= 4 is 27.3 Å². The lowest BCUT2D eigenvalue weighted by molar-refractivity contribution is 0.115. The molecule has 1 aliphatic heterocycles. The minimum Gasteiger partial charge on any atom is -0.396 e. The van der Waals surface area contributed by atoms with Gasteiger partial charge in [-0.3, -0.25) is 4.98 Å². The van der Waals surface area contributed by atoms with Gasteiger partial charge in [-0.25, -0.2) is 23.4 Å². The minimum atomic E-state index is -3.48. The molecule has 0 bridgehead atoms. The second kappa shape index (κ2) is 12.5. The Morgan fingerprint density at radius 2 is 1.84 bits per heavy atom. The lowest BCUT2D eigenvalue weighted by Gasteiger charge is -2.39. The number of aliphatic hydroxyl groups is 1. The van der Waals surface area contributed by atoms with Crippen LogP contribution in [0.25, 0.3) is 11.4 Å². The van der Waals surface area contributed by atoms with Crippen molar-refractivity contribution in [2.45, 2.75) is 44.4 Å². The van der Waals surface area contributed by atoms with Crippen LogP contribution in [0, 0.1) is 17.3 Å². The number of aliphatic hydroxyl groups excluding tert-OH is 1. The Bertz CT molecular complexity index is 1830. The van der Waals surface area contributed by atoms with Crippen LogP contribution in [0.2, 0.25) is 0 Å². The van der Waals surface area contributed by atoms with E-state index >= 15 is 0 Å². The summed E-state index contributed by atoms with van der Waals surface area (Å²) in [5, 5.41) is 16.9. The predicted molar refractivity (Wildman–Crippen MR) is 172 cm³/mol. The molecule has 1 saturated heterocycles. The molecule has 1 aliphatic carbocycles. The van der Waals surface area contributed by atoms with Gasteiger partial charge in [0, 0.05) is 56.5 Å². The lowest BCUT2D eigenvalue weighted by atomic mass is 9.81. The van der Waals surface area contributed by atoms with Gasteiger partial charge in [0.25, 0.3) is 10.0 Å². The molecule has 0 radical (unpaired) electrons. The molecule has 6 rings (SSSR count). The molecule has 2 fully saturated rings. The highest BCUT2D eigenvalue weighted by molar-refractivity contribution is 7.90. The van der Waals surface area contributed by atoms with Crippen LogP contribution in [0.15, 0.2) is 55.2 Å². The van der Waals surface area contributed by atoms with Gasteiger partial charge in [0.1, 0.15) is 11.6 Å². The largest absolute Gasteiger partial charge is 0.396 e. The van der Waals surface area contributed by atoms with Crippen LogP contribution in [0.4, 0.5) is 17.3 Å². The molecule has 45 heavy (non-hydrogen) atoms. The molecule has 13 heteroatoms. The Morgan fingerprint density at radius 1 is 1.04 bits per heavy atom. The third-order valence-corrected chi connectivity index (χ3v) is 10.2. The highest BCUT2D eigenvalue weighted by Crippen LogP contribution is 2.35. The average molecular weight is 628 g/mol. The highest BCUT2D eigenvalue weighted by Gasteiger charge is 2.37. The van der Waals surface area contributed by atoms with E-state index in [1.54, 1.807) is 24.7 Å². The average Bonchev–Trinajstić information content (AvgIpc) is 3.78. The van der Waals surface area contributed by atoms with E-state index in [9.17, 15) is 13.5 Å². The van der Waals surface area contributed by atoms with Gasteiger partial charge in [-0.05, 0) is 63.4 Å². The van der Waals surface area contributed by atoms with Gasteiger partial charge in [0.15, 0.2) is 5.82 Å². The van der Waals surface area contributed by atoms with E-state index in [1.165, 1.54) is 12.4 Å². The summed E-state index contributed by atoms with van der Waals surface area (Å²) in [6.45, 7) is 4.60. The van der Waals surface area contributed by atoms with Crippen molar-refractivity contribution in [3.05, 3.63) is 72.1 Å². The first-order valence-electron chi connectivity index (χ1n) is 15.0. The van der Waals surface area contributed by atoms with Gasteiger partial charge >= 0.3 is 0 Å². The molecule has 0 spiro atoms. The summed E-state index contributed by atoms with van der Waals surface area (Å²) in [4.78, 5) is 22.5. The summed E-state index contributed by atoms with van der Waals surface area (Å²) in [5.41, 5.74) is 3.94. The monoisotopic (exact) mass is 627 g/mol. The Kier molecular flexibility index (Phi) is 8.54. The molecule has 0 aromatic carbocycles. The maximum atomic E-state index is 12.6. The van der Waals surface area contributed by atoms with Gasteiger partial charge in [-0.1, -0.05) is 18.8 Å². The topological polar surface area (TPSA) is 142 Å². The van der Waals surface area contributed by atoms with E-state index in [2.05, 4.69) is 58.9 Å². The molecule has 12 nitrogen and oxygen atoms in total. The molecular formula is C32H37N9O3S. The van der Waals surface area contributed by atoms with Crippen molar-refractivity contribution in [3.63, 3.8) is 0 Å². The van der Waals surface area contributed by atoms with Crippen molar-refractivity contribution in [1.29, 1.82) is 0 Å². The van der Waals surface area contributed by atoms with E-state index in [-0.39, 0.29) is 17.3 Å². The number of nitrogens with one attached hydrogen (secondary N) is 1. The number of hydrogen-bond acceptors (Lipinski definition) is 11. The molecule has 0 atom stereocenters. The van der Waals surface area contributed by atoms with Crippen molar-refractivity contribution < 1.29 is 13.5 Å². The standard InChI is InChI=1S/C32H37N9O3S/c1-32(22-42)11-14-40(15-12-32)28-16-30(35-18-24(28)6-4-23-5-7-26(34-17-23)21-39(2)3)37-29-10-13-33-31(38-29)25-19-36-41(20-25)45(43,44)27-8-9-27/h5,7,10,13,16-20,27,42H,8-9,11-12,14-15,21-22H2,1-3H3,(H,33,35,37,38). The molecular weight excluding hydrogens is 590 g/mol. The molecule has 234 valence electrons. The molecule has 0 amide bonds.